The quantitative estimate of drug-likeness (QED) is 0.703. The van der Waals surface area contributed by atoms with Gasteiger partial charge in [-0.15, -0.1) is 0 Å². The highest BCUT2D eigenvalue weighted by Crippen LogP contribution is 2.31. The van der Waals surface area contributed by atoms with Gasteiger partial charge in [0.2, 0.25) is 5.95 Å². The number of hydrogen-bond acceptors (Lipinski definition) is 5. The molecule has 0 unspecified atom stereocenters. The van der Waals surface area contributed by atoms with Crippen LogP contribution in [0.4, 0.5) is 24.8 Å². The molecule has 2 aromatic rings. The maximum Gasteiger partial charge on any atom is 0.434 e. The summed E-state index contributed by atoms with van der Waals surface area (Å²) in [7, 11) is 0. The van der Waals surface area contributed by atoms with E-state index in [1.54, 1.807) is 24.3 Å². The molecule has 0 radical (unpaired) electrons. The number of nitrogens with zero attached hydrogens (tertiary/aromatic N) is 2. The third-order valence-corrected chi connectivity index (χ3v) is 4.77. The van der Waals surface area contributed by atoms with Gasteiger partial charge >= 0.3 is 6.18 Å². The Kier molecular flexibility index (Phi) is 6.50. The normalized spacial score (nSPS) is 15.3. The van der Waals surface area contributed by atoms with Crippen LogP contribution in [-0.2, 0) is 10.9 Å². The molecule has 1 aliphatic heterocycles. The van der Waals surface area contributed by atoms with Crippen LogP contribution in [0.2, 0.25) is 0 Å². The first-order valence-corrected chi connectivity index (χ1v) is 9.45. The molecule has 0 aliphatic carbocycles. The molecule has 0 spiro atoms. The first-order valence-electron chi connectivity index (χ1n) is 8.65. The number of rotatable bonds is 5. The zero-order valence-electron chi connectivity index (χ0n) is 14.7. The zero-order chi connectivity index (χ0) is 20.1. The van der Waals surface area contributed by atoms with Crippen molar-refractivity contribution in [1.29, 1.82) is 0 Å². The molecule has 1 fully saturated rings. The van der Waals surface area contributed by atoms with Gasteiger partial charge in [-0.05, 0) is 37.0 Å². The Morgan fingerprint density at radius 3 is 2.71 bits per heavy atom. The number of hydrogen-bond donors (Lipinski definition) is 2. The number of nitrogens with one attached hydrogen (secondary N) is 2. The summed E-state index contributed by atoms with van der Waals surface area (Å²) in [5, 5.41) is 5.27. The highest BCUT2D eigenvalue weighted by molar-refractivity contribution is 9.10. The summed E-state index contributed by atoms with van der Waals surface area (Å²) >= 11 is 3.28. The van der Waals surface area contributed by atoms with Gasteiger partial charge < -0.3 is 15.4 Å². The van der Waals surface area contributed by atoms with Crippen LogP contribution in [0.15, 0.2) is 34.9 Å². The molecule has 6 nitrogen and oxygen atoms in total. The molecule has 1 aromatic carbocycles. The summed E-state index contributed by atoms with van der Waals surface area (Å²) in [6.45, 7) is 1.47. The average Bonchev–Trinajstić information content (AvgIpc) is 2.66. The van der Waals surface area contributed by atoms with Gasteiger partial charge in [0.15, 0.2) is 5.69 Å². The van der Waals surface area contributed by atoms with Gasteiger partial charge in [0.05, 0.1) is 5.56 Å². The van der Waals surface area contributed by atoms with E-state index in [0.717, 1.165) is 23.5 Å². The van der Waals surface area contributed by atoms with Crippen LogP contribution in [0, 0.1) is 5.92 Å². The standard InChI is InChI=1S/C18H18BrF3N4O2/c19-12-2-1-3-13(8-12)25-17-24-10-14(15(26-17)18(20,21)22)16(27)23-9-11-4-6-28-7-5-11/h1-3,8,10-11H,4-7,9H2,(H,23,27)(H,24,25,26). The van der Waals surface area contributed by atoms with Gasteiger partial charge in [-0.3, -0.25) is 4.79 Å². The molecule has 1 aliphatic rings. The van der Waals surface area contributed by atoms with Gasteiger partial charge in [0, 0.05) is 36.1 Å². The number of ether oxygens (including phenoxy) is 1. The molecule has 2 N–H and O–H groups in total. The topological polar surface area (TPSA) is 76.1 Å². The van der Waals surface area contributed by atoms with Crippen molar-refractivity contribution in [3.05, 3.63) is 46.2 Å². The summed E-state index contributed by atoms with van der Waals surface area (Å²) < 4.78 is 46.4. The Labute approximate surface area is 168 Å². The molecule has 0 saturated carbocycles. The number of carbonyl (C=O) groups is 1. The molecule has 10 heteroatoms. The van der Waals surface area contributed by atoms with Crippen LogP contribution >= 0.6 is 15.9 Å². The lowest BCUT2D eigenvalue weighted by Gasteiger charge is -2.22. The Bertz CT molecular complexity index is 842. The van der Waals surface area contributed by atoms with Crippen LogP contribution in [-0.4, -0.2) is 35.6 Å². The maximum absolute atomic E-state index is 13.5. The molecular weight excluding hydrogens is 441 g/mol. The van der Waals surface area contributed by atoms with E-state index in [2.05, 4.69) is 36.5 Å². The van der Waals surface area contributed by atoms with Crippen molar-refractivity contribution < 1.29 is 22.7 Å². The van der Waals surface area contributed by atoms with Gasteiger partial charge in [0.25, 0.3) is 5.91 Å². The smallest absolute Gasteiger partial charge is 0.381 e. The lowest BCUT2D eigenvalue weighted by molar-refractivity contribution is -0.141. The summed E-state index contributed by atoms with van der Waals surface area (Å²) in [4.78, 5) is 19.7. The van der Waals surface area contributed by atoms with E-state index in [0.29, 0.717) is 18.9 Å². The van der Waals surface area contributed by atoms with E-state index in [1.165, 1.54) is 0 Å². The van der Waals surface area contributed by atoms with E-state index in [4.69, 9.17) is 4.74 Å². The van der Waals surface area contributed by atoms with Crippen LogP contribution < -0.4 is 10.6 Å². The first kappa shape index (κ1) is 20.5. The molecule has 2 heterocycles. The lowest BCUT2D eigenvalue weighted by Crippen LogP contribution is -2.33. The van der Waals surface area contributed by atoms with Crippen molar-refractivity contribution in [3.8, 4) is 0 Å². The second-order valence-corrected chi connectivity index (χ2v) is 7.27. The number of aromatic nitrogens is 2. The molecule has 1 amide bonds. The largest absolute Gasteiger partial charge is 0.434 e. The van der Waals surface area contributed by atoms with Crippen LogP contribution in [0.1, 0.15) is 28.9 Å². The Morgan fingerprint density at radius 2 is 2.04 bits per heavy atom. The third kappa shape index (κ3) is 5.41. The maximum atomic E-state index is 13.5. The van der Waals surface area contributed by atoms with Gasteiger partial charge in [-0.2, -0.15) is 13.2 Å². The Hall–Kier alpha value is -2.20. The first-order chi connectivity index (χ1) is 13.3. The molecule has 28 heavy (non-hydrogen) atoms. The Morgan fingerprint density at radius 1 is 1.29 bits per heavy atom. The van der Waals surface area contributed by atoms with E-state index in [9.17, 15) is 18.0 Å². The van der Waals surface area contributed by atoms with Gasteiger partial charge in [-0.25, -0.2) is 9.97 Å². The average molecular weight is 459 g/mol. The number of alkyl halides is 3. The summed E-state index contributed by atoms with van der Waals surface area (Å²) in [5.74, 6) is -0.898. The predicted molar refractivity (Wildman–Crippen MR) is 100 cm³/mol. The second kappa shape index (κ2) is 8.87. The number of benzene rings is 1. The molecule has 150 valence electrons. The molecule has 3 rings (SSSR count). The van der Waals surface area contributed by atoms with E-state index in [-0.39, 0.29) is 18.4 Å². The zero-order valence-corrected chi connectivity index (χ0v) is 16.3. The number of halogens is 4. The fourth-order valence-electron chi connectivity index (χ4n) is 2.80. The second-order valence-electron chi connectivity index (χ2n) is 6.35. The van der Waals surface area contributed by atoms with E-state index in [1.807, 2.05) is 0 Å². The fourth-order valence-corrected chi connectivity index (χ4v) is 3.20. The lowest BCUT2D eigenvalue weighted by atomic mass is 10.0. The molecule has 0 bridgehead atoms. The van der Waals surface area contributed by atoms with E-state index >= 15 is 0 Å². The minimum atomic E-state index is -4.79. The van der Waals surface area contributed by atoms with Crippen molar-refractivity contribution in [2.45, 2.75) is 19.0 Å². The predicted octanol–water partition coefficient (Wildman–Crippen LogP) is 4.16. The molecular formula is C18H18BrF3N4O2. The molecule has 0 atom stereocenters. The highest BCUT2D eigenvalue weighted by atomic mass is 79.9. The SMILES string of the molecule is O=C(NCC1CCOCC1)c1cnc(Nc2cccc(Br)c2)nc1C(F)(F)F. The van der Waals surface area contributed by atoms with Crippen molar-refractivity contribution in [1.82, 2.24) is 15.3 Å². The fraction of sp³-hybridized carbons (Fsp3) is 0.389. The van der Waals surface area contributed by atoms with Crippen molar-refractivity contribution in [3.63, 3.8) is 0 Å². The monoisotopic (exact) mass is 458 g/mol. The van der Waals surface area contributed by atoms with Crippen LogP contribution in [0.5, 0.6) is 0 Å². The number of anilines is 2. The summed E-state index contributed by atoms with van der Waals surface area (Å²) in [5.41, 5.74) is -1.36. The minimum Gasteiger partial charge on any atom is -0.381 e. The third-order valence-electron chi connectivity index (χ3n) is 4.27. The summed E-state index contributed by atoms with van der Waals surface area (Å²) in [6, 6.07) is 6.83. The van der Waals surface area contributed by atoms with Crippen LogP contribution in [0.3, 0.4) is 0 Å². The van der Waals surface area contributed by atoms with Crippen molar-refractivity contribution in [2.75, 3.05) is 25.1 Å². The highest BCUT2D eigenvalue weighted by Gasteiger charge is 2.38. The molecule has 1 saturated heterocycles. The summed E-state index contributed by atoms with van der Waals surface area (Å²) in [6.07, 6.45) is -2.37. The number of amides is 1. The van der Waals surface area contributed by atoms with Crippen LogP contribution in [0.25, 0.3) is 0 Å². The van der Waals surface area contributed by atoms with Crippen molar-refractivity contribution in [2.24, 2.45) is 5.92 Å². The molecule has 1 aromatic heterocycles. The van der Waals surface area contributed by atoms with Gasteiger partial charge in [-0.1, -0.05) is 22.0 Å². The number of carbonyl (C=O) groups excluding carboxylic acids is 1. The van der Waals surface area contributed by atoms with Gasteiger partial charge in [0.1, 0.15) is 0 Å². The van der Waals surface area contributed by atoms with E-state index < -0.39 is 23.3 Å². The minimum absolute atomic E-state index is 0.186. The van der Waals surface area contributed by atoms with Crippen molar-refractivity contribution >= 4 is 33.5 Å². The Balaban J connectivity index is 1.77.